The SMILES string of the molecule is CC(C)C(NC(=O)Cc1ccc2ccccc2c1)C(=O)NCc1cccc(COCc2ccco2)c1. The van der Waals surface area contributed by atoms with Crippen molar-refractivity contribution in [1.29, 1.82) is 0 Å². The first-order valence-electron chi connectivity index (χ1n) is 12.2. The molecule has 186 valence electrons. The highest BCUT2D eigenvalue weighted by Gasteiger charge is 2.24. The van der Waals surface area contributed by atoms with Crippen molar-refractivity contribution in [2.45, 2.75) is 46.1 Å². The van der Waals surface area contributed by atoms with Crippen molar-refractivity contribution >= 4 is 22.6 Å². The van der Waals surface area contributed by atoms with E-state index in [1.807, 2.05) is 92.7 Å². The molecule has 0 bridgehead atoms. The molecule has 2 N–H and O–H groups in total. The Morgan fingerprint density at radius 2 is 1.64 bits per heavy atom. The van der Waals surface area contributed by atoms with Gasteiger partial charge in [0.15, 0.2) is 0 Å². The summed E-state index contributed by atoms with van der Waals surface area (Å²) in [4.78, 5) is 25.7. The summed E-state index contributed by atoms with van der Waals surface area (Å²) >= 11 is 0. The molecule has 0 saturated heterocycles. The summed E-state index contributed by atoms with van der Waals surface area (Å²) in [5.41, 5.74) is 2.89. The molecule has 2 amide bonds. The first-order chi connectivity index (χ1) is 17.5. The summed E-state index contributed by atoms with van der Waals surface area (Å²) in [6.07, 6.45) is 1.85. The third kappa shape index (κ3) is 7.06. The molecule has 0 radical (unpaired) electrons. The summed E-state index contributed by atoms with van der Waals surface area (Å²) < 4.78 is 11.0. The molecule has 1 aromatic heterocycles. The van der Waals surface area contributed by atoms with Gasteiger partial charge >= 0.3 is 0 Å². The Balaban J connectivity index is 1.29. The molecule has 0 fully saturated rings. The molecule has 1 heterocycles. The lowest BCUT2D eigenvalue weighted by Crippen LogP contribution is -2.49. The lowest BCUT2D eigenvalue weighted by atomic mass is 10.0. The van der Waals surface area contributed by atoms with Gasteiger partial charge in [0.05, 0.1) is 19.3 Å². The van der Waals surface area contributed by atoms with Crippen molar-refractivity contribution < 1.29 is 18.7 Å². The van der Waals surface area contributed by atoms with Crippen LogP contribution in [0, 0.1) is 5.92 Å². The van der Waals surface area contributed by atoms with E-state index in [0.29, 0.717) is 19.8 Å². The van der Waals surface area contributed by atoms with Gasteiger partial charge in [-0.2, -0.15) is 0 Å². The maximum atomic E-state index is 12.9. The van der Waals surface area contributed by atoms with Crippen LogP contribution in [-0.4, -0.2) is 17.9 Å². The fourth-order valence-corrected chi connectivity index (χ4v) is 4.09. The third-order valence-corrected chi connectivity index (χ3v) is 6.00. The van der Waals surface area contributed by atoms with E-state index in [1.54, 1.807) is 6.26 Å². The molecule has 36 heavy (non-hydrogen) atoms. The standard InChI is InChI=1S/C30H32N2O4/c1-21(2)29(32-28(33)17-22-12-13-25-9-3-4-10-26(25)16-22)30(34)31-18-23-7-5-8-24(15-23)19-35-20-27-11-6-14-36-27/h3-16,21,29H,17-20H2,1-2H3,(H,31,34)(H,32,33). The molecule has 4 aromatic rings. The molecule has 1 unspecified atom stereocenters. The van der Waals surface area contributed by atoms with Crippen LogP contribution in [0.1, 0.15) is 36.3 Å². The van der Waals surface area contributed by atoms with Crippen LogP contribution in [0.5, 0.6) is 0 Å². The van der Waals surface area contributed by atoms with Crippen LogP contribution in [0.4, 0.5) is 0 Å². The van der Waals surface area contributed by atoms with Gasteiger partial charge in [-0.1, -0.05) is 80.6 Å². The molecule has 6 nitrogen and oxygen atoms in total. The van der Waals surface area contributed by atoms with Crippen molar-refractivity contribution in [1.82, 2.24) is 10.6 Å². The topological polar surface area (TPSA) is 80.6 Å². The van der Waals surface area contributed by atoms with Gasteiger partial charge in [-0.3, -0.25) is 9.59 Å². The number of rotatable bonds is 11. The number of carbonyl (C=O) groups excluding carboxylic acids is 2. The number of furan rings is 1. The largest absolute Gasteiger partial charge is 0.467 e. The Hall–Kier alpha value is -3.90. The van der Waals surface area contributed by atoms with Crippen LogP contribution in [-0.2, 0) is 40.5 Å². The Bertz CT molecular complexity index is 1300. The smallest absolute Gasteiger partial charge is 0.243 e. The molecule has 0 saturated carbocycles. The fraction of sp³-hybridized carbons (Fsp3) is 0.267. The van der Waals surface area contributed by atoms with Crippen molar-refractivity contribution in [3.8, 4) is 0 Å². The number of ether oxygens (including phenoxy) is 1. The van der Waals surface area contributed by atoms with E-state index < -0.39 is 6.04 Å². The molecule has 0 aliphatic rings. The van der Waals surface area contributed by atoms with E-state index in [0.717, 1.165) is 33.2 Å². The van der Waals surface area contributed by atoms with Crippen LogP contribution in [0.25, 0.3) is 10.8 Å². The van der Waals surface area contributed by atoms with Crippen LogP contribution >= 0.6 is 0 Å². The number of hydrogen-bond donors (Lipinski definition) is 2. The third-order valence-electron chi connectivity index (χ3n) is 6.00. The van der Waals surface area contributed by atoms with Gasteiger partial charge in [0.1, 0.15) is 18.4 Å². The highest BCUT2D eigenvalue weighted by molar-refractivity contribution is 5.89. The number of benzene rings is 3. The molecule has 4 rings (SSSR count). The van der Waals surface area contributed by atoms with Gasteiger partial charge in [0, 0.05) is 6.54 Å². The maximum absolute atomic E-state index is 12.9. The van der Waals surface area contributed by atoms with Gasteiger partial charge in [0.2, 0.25) is 11.8 Å². The van der Waals surface area contributed by atoms with E-state index in [9.17, 15) is 9.59 Å². The zero-order valence-corrected chi connectivity index (χ0v) is 20.7. The Labute approximate surface area is 211 Å². The number of hydrogen-bond acceptors (Lipinski definition) is 4. The molecular formula is C30H32N2O4. The van der Waals surface area contributed by atoms with Crippen LogP contribution in [0.15, 0.2) is 89.5 Å². The summed E-state index contributed by atoms with van der Waals surface area (Å²) in [6.45, 7) is 5.08. The predicted molar refractivity (Wildman–Crippen MR) is 140 cm³/mol. The predicted octanol–water partition coefficient (Wildman–Crippen LogP) is 5.15. The van der Waals surface area contributed by atoms with Crippen molar-refractivity contribution in [3.63, 3.8) is 0 Å². The minimum absolute atomic E-state index is 0.0492. The summed E-state index contributed by atoms with van der Waals surface area (Å²) in [6, 6.07) is 25.0. The second-order valence-electron chi connectivity index (χ2n) is 9.26. The van der Waals surface area contributed by atoms with Gasteiger partial charge in [-0.05, 0) is 45.5 Å². The average Bonchev–Trinajstić information content (AvgIpc) is 3.39. The monoisotopic (exact) mass is 484 g/mol. The first-order valence-corrected chi connectivity index (χ1v) is 12.2. The zero-order chi connectivity index (χ0) is 25.3. The quantitative estimate of drug-likeness (QED) is 0.309. The lowest BCUT2D eigenvalue weighted by molar-refractivity contribution is -0.129. The van der Waals surface area contributed by atoms with Gasteiger partial charge in [-0.15, -0.1) is 0 Å². The van der Waals surface area contributed by atoms with Crippen LogP contribution in [0.2, 0.25) is 0 Å². The van der Waals surface area contributed by atoms with Crippen LogP contribution in [0.3, 0.4) is 0 Å². The number of amides is 2. The molecule has 1 atom stereocenters. The van der Waals surface area contributed by atoms with E-state index in [4.69, 9.17) is 9.15 Å². The average molecular weight is 485 g/mol. The lowest BCUT2D eigenvalue weighted by Gasteiger charge is -2.22. The number of nitrogens with one attached hydrogen (secondary N) is 2. The highest BCUT2D eigenvalue weighted by Crippen LogP contribution is 2.16. The molecular weight excluding hydrogens is 452 g/mol. The minimum atomic E-state index is -0.613. The fourth-order valence-electron chi connectivity index (χ4n) is 4.09. The first kappa shape index (κ1) is 25.2. The number of fused-ring (bicyclic) bond motifs is 1. The van der Waals surface area contributed by atoms with Crippen molar-refractivity contribution in [2.75, 3.05) is 0 Å². The Morgan fingerprint density at radius 1 is 0.833 bits per heavy atom. The zero-order valence-electron chi connectivity index (χ0n) is 20.7. The van der Waals surface area contributed by atoms with E-state index in [-0.39, 0.29) is 24.2 Å². The highest BCUT2D eigenvalue weighted by atomic mass is 16.5. The minimum Gasteiger partial charge on any atom is -0.467 e. The number of carbonyl (C=O) groups is 2. The van der Waals surface area contributed by atoms with Gasteiger partial charge < -0.3 is 19.8 Å². The van der Waals surface area contributed by atoms with Gasteiger partial charge in [-0.25, -0.2) is 0 Å². The van der Waals surface area contributed by atoms with Crippen molar-refractivity contribution in [3.05, 3.63) is 108 Å². The summed E-state index contributed by atoms with van der Waals surface area (Å²) in [7, 11) is 0. The maximum Gasteiger partial charge on any atom is 0.243 e. The summed E-state index contributed by atoms with van der Waals surface area (Å²) in [5, 5.41) is 8.12. The van der Waals surface area contributed by atoms with E-state index >= 15 is 0 Å². The van der Waals surface area contributed by atoms with Gasteiger partial charge in [0.25, 0.3) is 0 Å². The van der Waals surface area contributed by atoms with Crippen LogP contribution < -0.4 is 10.6 Å². The summed E-state index contributed by atoms with van der Waals surface area (Å²) in [5.74, 6) is 0.360. The van der Waals surface area contributed by atoms with Crippen molar-refractivity contribution in [2.24, 2.45) is 5.92 Å². The van der Waals surface area contributed by atoms with E-state index in [2.05, 4.69) is 10.6 Å². The Morgan fingerprint density at radius 3 is 2.42 bits per heavy atom. The van der Waals surface area contributed by atoms with E-state index in [1.165, 1.54) is 0 Å². The molecule has 0 spiro atoms. The second-order valence-corrected chi connectivity index (χ2v) is 9.26. The molecule has 6 heteroatoms. The Kier molecular flexibility index (Phi) is 8.53. The molecule has 0 aliphatic heterocycles. The molecule has 0 aliphatic carbocycles. The second kappa shape index (κ2) is 12.2. The normalized spacial score (nSPS) is 12.0. The molecule has 3 aromatic carbocycles.